The molecule has 3 atom stereocenters. The van der Waals surface area contributed by atoms with Gasteiger partial charge in [-0.15, -0.1) is 0 Å². The van der Waals surface area contributed by atoms with Crippen LogP contribution < -0.4 is 9.47 Å². The number of rotatable bonds is 7. The second kappa shape index (κ2) is 10.6. The molecule has 3 unspecified atom stereocenters. The normalized spacial score (nSPS) is 16.2. The van der Waals surface area contributed by atoms with Crippen LogP contribution in [-0.4, -0.2) is 38.4 Å². The number of benzene rings is 4. The van der Waals surface area contributed by atoms with E-state index in [1.807, 2.05) is 60.7 Å². The number of carbonyl (C=O) groups excluding carboxylic acids is 1. The summed E-state index contributed by atoms with van der Waals surface area (Å²) in [6.45, 7) is 0. The van der Waals surface area contributed by atoms with Crippen LogP contribution in [0.15, 0.2) is 78.9 Å². The number of fused-ring (bicyclic) bond motifs is 1. The monoisotopic (exact) mass is 528 g/mol. The molecule has 5 rings (SSSR count). The van der Waals surface area contributed by atoms with Crippen molar-refractivity contribution in [3.63, 3.8) is 0 Å². The summed E-state index contributed by atoms with van der Waals surface area (Å²) in [6, 6.07) is 22.1. The van der Waals surface area contributed by atoms with Crippen molar-refractivity contribution in [1.82, 2.24) is 0 Å². The summed E-state index contributed by atoms with van der Waals surface area (Å²) in [5, 5.41) is 53.3. The Bertz CT molecular complexity index is 1500. The van der Waals surface area contributed by atoms with Crippen molar-refractivity contribution in [3.8, 4) is 34.5 Å². The highest BCUT2D eigenvalue weighted by molar-refractivity contribution is 6.03. The van der Waals surface area contributed by atoms with E-state index in [4.69, 9.17) is 9.47 Å². The summed E-state index contributed by atoms with van der Waals surface area (Å²) >= 11 is 0. The molecule has 0 fully saturated rings. The second-order valence-corrected chi connectivity index (χ2v) is 9.45. The summed E-state index contributed by atoms with van der Waals surface area (Å²) in [5.74, 6) is -2.66. The lowest BCUT2D eigenvalue weighted by atomic mass is 9.81. The predicted molar refractivity (Wildman–Crippen MR) is 143 cm³/mol. The van der Waals surface area contributed by atoms with E-state index in [-0.39, 0.29) is 58.3 Å². The summed E-state index contributed by atoms with van der Waals surface area (Å²) in [6.07, 6.45) is -1.88. The maximum atomic E-state index is 13.3. The van der Waals surface area contributed by atoms with Crippen LogP contribution in [0.1, 0.15) is 63.6 Å². The zero-order valence-corrected chi connectivity index (χ0v) is 21.1. The third-order valence-corrected chi connectivity index (χ3v) is 7.07. The van der Waals surface area contributed by atoms with Crippen molar-refractivity contribution < 1.29 is 39.8 Å². The highest BCUT2D eigenvalue weighted by Crippen LogP contribution is 2.52. The number of phenols is 4. The Hall–Kier alpha value is -4.69. The maximum Gasteiger partial charge on any atom is 0.200 e. The summed E-state index contributed by atoms with van der Waals surface area (Å²) in [5.41, 5.74) is 1.92. The van der Waals surface area contributed by atoms with E-state index < -0.39 is 29.6 Å². The fraction of sp³-hybridized carbons (Fsp3) is 0.194. The van der Waals surface area contributed by atoms with Crippen molar-refractivity contribution in [1.29, 1.82) is 0 Å². The van der Waals surface area contributed by atoms with Crippen LogP contribution in [0.2, 0.25) is 0 Å². The molecule has 4 aromatic rings. The number of hydrogen-bond acceptors (Lipinski definition) is 8. The molecule has 0 bridgehead atoms. The molecule has 0 saturated carbocycles. The molecule has 1 aliphatic rings. The number of aliphatic hydroxyl groups excluding tert-OH is 1. The summed E-state index contributed by atoms with van der Waals surface area (Å²) in [7, 11) is 1.31. The molecule has 39 heavy (non-hydrogen) atoms. The van der Waals surface area contributed by atoms with Gasteiger partial charge in [-0.25, -0.2) is 0 Å². The van der Waals surface area contributed by atoms with Crippen molar-refractivity contribution in [2.45, 2.75) is 31.0 Å². The zero-order chi connectivity index (χ0) is 27.7. The van der Waals surface area contributed by atoms with Crippen LogP contribution >= 0.6 is 0 Å². The number of aliphatic hydroxyl groups is 1. The van der Waals surface area contributed by atoms with E-state index >= 15 is 0 Å². The number of ether oxygens (including phenoxy) is 2. The summed E-state index contributed by atoms with van der Waals surface area (Å²) < 4.78 is 11.6. The fourth-order valence-corrected chi connectivity index (χ4v) is 5.19. The minimum Gasteiger partial charge on any atom is -0.507 e. The number of hydrogen-bond donors (Lipinski definition) is 5. The molecule has 1 heterocycles. The first-order valence-corrected chi connectivity index (χ1v) is 12.5. The van der Waals surface area contributed by atoms with Gasteiger partial charge in [0.1, 0.15) is 28.9 Å². The molecule has 5 N–H and O–H groups in total. The first kappa shape index (κ1) is 25.9. The van der Waals surface area contributed by atoms with Crippen molar-refractivity contribution in [2.75, 3.05) is 7.11 Å². The lowest BCUT2D eigenvalue weighted by molar-refractivity contribution is 0.0840. The quantitative estimate of drug-likeness (QED) is 0.199. The molecule has 1 aliphatic heterocycles. The molecule has 0 saturated heterocycles. The topological polar surface area (TPSA) is 137 Å². The minimum atomic E-state index is -1.23. The predicted octanol–water partition coefficient (Wildman–Crippen LogP) is 5.48. The first-order valence-electron chi connectivity index (χ1n) is 12.5. The standard InChI is InChI=1S/C31H28O8/c1-38-30-19(12-13-21(32)29(30)37)22(33)14-20(17-8-4-2-5-9-17)27-23(34)15-24(35)28-25(36)16-26(39-31(27)28)18-10-6-3-7-11-18/h2-13,15,20,22,26,32-35,37H,14,16H2,1H3. The van der Waals surface area contributed by atoms with Gasteiger partial charge in [-0.2, -0.15) is 0 Å². The molecule has 0 aliphatic carbocycles. The SMILES string of the molecule is COc1c(C(O)CC(c2ccccc2)c2c(O)cc(O)c3c2OC(c2ccccc2)CC3=O)ccc(O)c1O. The maximum absolute atomic E-state index is 13.3. The number of phenolic OH excluding ortho intramolecular Hbond substituents is 4. The van der Waals surface area contributed by atoms with Gasteiger partial charge in [0, 0.05) is 23.1 Å². The number of aromatic hydroxyl groups is 4. The Morgan fingerprint density at radius 2 is 1.56 bits per heavy atom. The van der Waals surface area contributed by atoms with Gasteiger partial charge in [-0.05, 0) is 29.7 Å². The fourth-order valence-electron chi connectivity index (χ4n) is 5.19. The average molecular weight is 529 g/mol. The Kier molecular flexibility index (Phi) is 7.04. The molecular formula is C31H28O8. The molecule has 8 nitrogen and oxygen atoms in total. The lowest BCUT2D eigenvalue weighted by Crippen LogP contribution is -2.23. The minimum absolute atomic E-state index is 0.0113. The van der Waals surface area contributed by atoms with Gasteiger partial charge in [0.15, 0.2) is 17.3 Å². The van der Waals surface area contributed by atoms with E-state index in [9.17, 15) is 30.3 Å². The Balaban J connectivity index is 1.65. The third-order valence-electron chi connectivity index (χ3n) is 7.07. The second-order valence-electron chi connectivity index (χ2n) is 9.45. The first-order chi connectivity index (χ1) is 18.8. The Morgan fingerprint density at radius 1 is 0.897 bits per heavy atom. The van der Waals surface area contributed by atoms with Crippen LogP contribution in [0.25, 0.3) is 0 Å². The van der Waals surface area contributed by atoms with E-state index in [1.165, 1.54) is 19.2 Å². The average Bonchev–Trinajstić information content (AvgIpc) is 2.94. The van der Waals surface area contributed by atoms with Gasteiger partial charge >= 0.3 is 0 Å². The number of Topliss-reactive ketones (excluding diaryl/α,β-unsaturated/α-hetero) is 1. The van der Waals surface area contributed by atoms with Crippen LogP contribution in [0.4, 0.5) is 0 Å². The van der Waals surface area contributed by atoms with Gasteiger partial charge in [-0.1, -0.05) is 60.7 Å². The lowest BCUT2D eigenvalue weighted by Gasteiger charge is -2.31. The number of ketones is 1. The Morgan fingerprint density at radius 3 is 2.23 bits per heavy atom. The highest BCUT2D eigenvalue weighted by Gasteiger charge is 2.37. The largest absolute Gasteiger partial charge is 0.507 e. The van der Waals surface area contributed by atoms with E-state index in [0.29, 0.717) is 5.56 Å². The van der Waals surface area contributed by atoms with E-state index in [2.05, 4.69) is 0 Å². The zero-order valence-electron chi connectivity index (χ0n) is 21.1. The number of methoxy groups -OCH3 is 1. The Labute approximate surface area is 225 Å². The van der Waals surface area contributed by atoms with Crippen LogP contribution in [0, 0.1) is 0 Å². The molecular weight excluding hydrogens is 500 g/mol. The van der Waals surface area contributed by atoms with Crippen molar-refractivity contribution in [2.24, 2.45) is 0 Å². The highest BCUT2D eigenvalue weighted by atomic mass is 16.5. The molecule has 0 spiro atoms. The molecule has 0 aromatic heterocycles. The molecule has 0 radical (unpaired) electrons. The van der Waals surface area contributed by atoms with Crippen molar-refractivity contribution >= 4 is 5.78 Å². The van der Waals surface area contributed by atoms with Gasteiger partial charge < -0.3 is 35.0 Å². The summed E-state index contributed by atoms with van der Waals surface area (Å²) in [4.78, 5) is 13.3. The van der Waals surface area contributed by atoms with Crippen LogP contribution in [0.3, 0.4) is 0 Å². The third kappa shape index (κ3) is 4.82. The van der Waals surface area contributed by atoms with Gasteiger partial charge in [0.05, 0.1) is 19.6 Å². The molecule has 8 heteroatoms. The van der Waals surface area contributed by atoms with E-state index in [1.54, 1.807) is 0 Å². The van der Waals surface area contributed by atoms with E-state index in [0.717, 1.165) is 11.6 Å². The number of carbonyl (C=O) groups is 1. The smallest absolute Gasteiger partial charge is 0.200 e. The van der Waals surface area contributed by atoms with Crippen LogP contribution in [0.5, 0.6) is 34.5 Å². The van der Waals surface area contributed by atoms with Crippen LogP contribution in [-0.2, 0) is 0 Å². The molecule has 200 valence electrons. The van der Waals surface area contributed by atoms with Gasteiger partial charge in [-0.3, -0.25) is 4.79 Å². The van der Waals surface area contributed by atoms with Gasteiger partial charge in [0.25, 0.3) is 0 Å². The molecule has 0 amide bonds. The molecule has 4 aromatic carbocycles. The van der Waals surface area contributed by atoms with Crippen molar-refractivity contribution in [3.05, 3.63) is 107 Å². The van der Waals surface area contributed by atoms with Gasteiger partial charge in [0.2, 0.25) is 5.75 Å².